The third-order valence-electron chi connectivity index (χ3n) is 3.07. The second-order valence-corrected chi connectivity index (χ2v) is 5.47. The standard InChI is InChI=1S/C15H9F3OS/c16-10-6-5-9(13(17)14(10)18)15(19)12-7-8-3-1-2-4-11(8)20-12/h1-7,15,19H. The van der Waals surface area contributed by atoms with Gasteiger partial charge in [-0.25, -0.2) is 13.2 Å². The van der Waals surface area contributed by atoms with E-state index in [-0.39, 0.29) is 5.56 Å². The van der Waals surface area contributed by atoms with Gasteiger partial charge in [0.1, 0.15) is 6.10 Å². The lowest BCUT2D eigenvalue weighted by atomic mass is 10.1. The summed E-state index contributed by atoms with van der Waals surface area (Å²) in [5, 5.41) is 11.1. The summed E-state index contributed by atoms with van der Waals surface area (Å²) in [7, 11) is 0. The Kier molecular flexibility index (Phi) is 3.23. The van der Waals surface area contributed by atoms with Crippen LogP contribution in [0.1, 0.15) is 16.5 Å². The van der Waals surface area contributed by atoms with E-state index in [1.807, 2.05) is 24.3 Å². The van der Waals surface area contributed by atoms with Crippen molar-refractivity contribution < 1.29 is 18.3 Å². The van der Waals surface area contributed by atoms with E-state index in [1.54, 1.807) is 6.07 Å². The van der Waals surface area contributed by atoms with E-state index in [1.165, 1.54) is 11.3 Å². The Labute approximate surface area is 116 Å². The maximum Gasteiger partial charge on any atom is 0.194 e. The van der Waals surface area contributed by atoms with E-state index >= 15 is 0 Å². The van der Waals surface area contributed by atoms with Crippen molar-refractivity contribution in [2.75, 3.05) is 0 Å². The van der Waals surface area contributed by atoms with Crippen LogP contribution >= 0.6 is 11.3 Å². The van der Waals surface area contributed by atoms with Crippen LogP contribution in [0.2, 0.25) is 0 Å². The summed E-state index contributed by atoms with van der Waals surface area (Å²) in [5.74, 6) is -4.19. The summed E-state index contributed by atoms with van der Waals surface area (Å²) in [4.78, 5) is 0.483. The van der Waals surface area contributed by atoms with Gasteiger partial charge in [-0.1, -0.05) is 18.2 Å². The van der Waals surface area contributed by atoms with Gasteiger partial charge < -0.3 is 5.11 Å². The van der Waals surface area contributed by atoms with E-state index in [0.717, 1.165) is 22.2 Å². The molecule has 0 aliphatic heterocycles. The molecule has 1 N–H and O–H groups in total. The molecule has 1 unspecified atom stereocenters. The molecule has 1 heterocycles. The molecule has 1 nitrogen and oxygen atoms in total. The molecule has 2 aromatic carbocycles. The minimum Gasteiger partial charge on any atom is -0.383 e. The third kappa shape index (κ3) is 2.09. The van der Waals surface area contributed by atoms with E-state index in [9.17, 15) is 18.3 Å². The summed E-state index contributed by atoms with van der Waals surface area (Å²) in [6.45, 7) is 0. The van der Waals surface area contributed by atoms with Gasteiger partial charge in [-0.15, -0.1) is 11.3 Å². The number of aliphatic hydroxyl groups is 1. The maximum absolute atomic E-state index is 13.7. The Morgan fingerprint density at radius 3 is 2.45 bits per heavy atom. The van der Waals surface area contributed by atoms with Crippen LogP contribution in [0.3, 0.4) is 0 Å². The van der Waals surface area contributed by atoms with Crippen LogP contribution in [0.15, 0.2) is 42.5 Å². The Bertz CT molecular complexity index is 749. The highest BCUT2D eigenvalue weighted by atomic mass is 32.1. The number of benzene rings is 2. The highest BCUT2D eigenvalue weighted by Crippen LogP contribution is 2.34. The largest absolute Gasteiger partial charge is 0.383 e. The molecule has 0 amide bonds. The molecular formula is C15H9F3OS. The van der Waals surface area contributed by atoms with Crippen molar-refractivity contribution in [2.45, 2.75) is 6.10 Å². The fourth-order valence-corrected chi connectivity index (χ4v) is 3.11. The molecule has 0 aliphatic carbocycles. The van der Waals surface area contributed by atoms with Gasteiger partial charge in [0.2, 0.25) is 0 Å². The normalized spacial score (nSPS) is 12.8. The van der Waals surface area contributed by atoms with E-state index in [2.05, 4.69) is 0 Å². The smallest absolute Gasteiger partial charge is 0.194 e. The molecule has 1 aromatic heterocycles. The van der Waals surface area contributed by atoms with E-state index in [4.69, 9.17) is 0 Å². The third-order valence-corrected chi connectivity index (χ3v) is 4.24. The highest BCUT2D eigenvalue weighted by Gasteiger charge is 2.21. The number of hydrogen-bond donors (Lipinski definition) is 1. The molecule has 0 bridgehead atoms. The lowest BCUT2D eigenvalue weighted by Gasteiger charge is -2.10. The number of halogens is 3. The monoisotopic (exact) mass is 294 g/mol. The van der Waals surface area contributed by atoms with Gasteiger partial charge in [0.25, 0.3) is 0 Å². The second kappa shape index (κ2) is 4.92. The van der Waals surface area contributed by atoms with Gasteiger partial charge in [-0.3, -0.25) is 0 Å². The molecule has 0 spiro atoms. The van der Waals surface area contributed by atoms with Crippen LogP contribution in [0.25, 0.3) is 10.1 Å². The minimum absolute atomic E-state index is 0.268. The lowest BCUT2D eigenvalue weighted by Crippen LogP contribution is -2.04. The molecule has 5 heteroatoms. The molecule has 0 fully saturated rings. The molecule has 1 atom stereocenters. The Hall–Kier alpha value is -1.85. The fraction of sp³-hybridized carbons (Fsp3) is 0.0667. The van der Waals surface area contributed by atoms with Crippen molar-refractivity contribution in [2.24, 2.45) is 0 Å². The van der Waals surface area contributed by atoms with Crippen molar-refractivity contribution >= 4 is 21.4 Å². The first-order valence-corrected chi connectivity index (χ1v) is 6.69. The van der Waals surface area contributed by atoms with Crippen molar-refractivity contribution in [3.05, 3.63) is 70.4 Å². The number of fused-ring (bicyclic) bond motifs is 1. The van der Waals surface area contributed by atoms with Gasteiger partial charge in [-0.2, -0.15) is 0 Å². The van der Waals surface area contributed by atoms with Crippen LogP contribution in [0.4, 0.5) is 13.2 Å². The average Bonchev–Trinajstić information content (AvgIpc) is 2.88. The lowest BCUT2D eigenvalue weighted by molar-refractivity contribution is 0.216. The van der Waals surface area contributed by atoms with Gasteiger partial charge in [-0.05, 0) is 29.7 Å². The highest BCUT2D eigenvalue weighted by molar-refractivity contribution is 7.19. The molecule has 20 heavy (non-hydrogen) atoms. The van der Waals surface area contributed by atoms with Gasteiger partial charge in [0, 0.05) is 15.1 Å². The summed E-state index contributed by atoms with van der Waals surface area (Å²) < 4.78 is 40.7. The zero-order valence-corrected chi connectivity index (χ0v) is 10.9. The van der Waals surface area contributed by atoms with Gasteiger partial charge >= 0.3 is 0 Å². The SMILES string of the molecule is OC(c1cc2ccccc2s1)c1ccc(F)c(F)c1F. The number of thiophene rings is 1. The average molecular weight is 294 g/mol. The zero-order chi connectivity index (χ0) is 14.3. The Morgan fingerprint density at radius 2 is 1.70 bits per heavy atom. The van der Waals surface area contributed by atoms with Crippen LogP contribution in [-0.4, -0.2) is 5.11 Å². The summed E-state index contributed by atoms with van der Waals surface area (Å²) >= 11 is 1.29. The predicted octanol–water partition coefficient (Wildman–Crippen LogP) is 4.40. The first kappa shape index (κ1) is 13.1. The number of hydrogen-bond acceptors (Lipinski definition) is 2. The minimum atomic E-state index is -1.57. The summed E-state index contributed by atoms with van der Waals surface area (Å²) in [6.07, 6.45) is -1.32. The topological polar surface area (TPSA) is 20.2 Å². The Balaban J connectivity index is 2.08. The first-order valence-electron chi connectivity index (χ1n) is 5.88. The first-order chi connectivity index (χ1) is 9.58. The van der Waals surface area contributed by atoms with Crippen LogP contribution in [0, 0.1) is 17.5 Å². The molecular weight excluding hydrogens is 285 g/mol. The zero-order valence-electron chi connectivity index (χ0n) is 10.1. The van der Waals surface area contributed by atoms with Crippen molar-refractivity contribution in [1.82, 2.24) is 0 Å². The molecule has 0 aliphatic rings. The number of aliphatic hydroxyl groups excluding tert-OH is 1. The van der Waals surface area contributed by atoms with Crippen LogP contribution in [-0.2, 0) is 0 Å². The quantitative estimate of drug-likeness (QED) is 0.695. The predicted molar refractivity (Wildman–Crippen MR) is 72.2 cm³/mol. The fourth-order valence-electron chi connectivity index (χ4n) is 2.04. The van der Waals surface area contributed by atoms with Gasteiger partial charge in [0.15, 0.2) is 17.5 Å². The molecule has 3 rings (SSSR count). The van der Waals surface area contributed by atoms with Gasteiger partial charge in [0.05, 0.1) is 0 Å². The van der Waals surface area contributed by atoms with Crippen LogP contribution < -0.4 is 0 Å². The van der Waals surface area contributed by atoms with Crippen LogP contribution in [0.5, 0.6) is 0 Å². The molecule has 0 radical (unpaired) electrons. The van der Waals surface area contributed by atoms with Crippen molar-refractivity contribution in [1.29, 1.82) is 0 Å². The molecule has 0 saturated carbocycles. The Morgan fingerprint density at radius 1 is 0.950 bits per heavy atom. The summed E-state index contributed by atoms with van der Waals surface area (Å²) in [5.41, 5.74) is -0.268. The summed E-state index contributed by atoms with van der Waals surface area (Å²) in [6, 6.07) is 11.0. The molecule has 102 valence electrons. The van der Waals surface area contributed by atoms with Crippen molar-refractivity contribution in [3.63, 3.8) is 0 Å². The number of rotatable bonds is 2. The van der Waals surface area contributed by atoms with Crippen molar-refractivity contribution in [3.8, 4) is 0 Å². The maximum atomic E-state index is 13.7. The second-order valence-electron chi connectivity index (χ2n) is 4.35. The van der Waals surface area contributed by atoms with E-state index < -0.39 is 23.6 Å². The molecule has 3 aromatic rings. The van der Waals surface area contributed by atoms with E-state index in [0.29, 0.717) is 4.88 Å². The molecule has 0 saturated heterocycles.